The summed E-state index contributed by atoms with van der Waals surface area (Å²) in [5.74, 6) is -0.463. The molecular weight excluding hydrogens is 156 g/mol. The summed E-state index contributed by atoms with van der Waals surface area (Å²) < 4.78 is 4.54. The number of rotatable bonds is 1. The van der Waals surface area contributed by atoms with E-state index < -0.39 is 11.5 Å². The average molecular weight is 168 g/mol. The summed E-state index contributed by atoms with van der Waals surface area (Å²) in [6.07, 6.45) is 5.29. The van der Waals surface area contributed by atoms with Crippen molar-refractivity contribution in [1.82, 2.24) is 0 Å². The monoisotopic (exact) mass is 168 g/mol. The van der Waals surface area contributed by atoms with Gasteiger partial charge in [0, 0.05) is 12.1 Å². The van der Waals surface area contributed by atoms with Gasteiger partial charge in [-0.15, -0.1) is 0 Å². The Labute approximate surface area is 70.9 Å². The van der Waals surface area contributed by atoms with Gasteiger partial charge in [0.05, 0.1) is 7.11 Å². The molecule has 1 rings (SSSR count). The van der Waals surface area contributed by atoms with Crippen molar-refractivity contribution in [1.29, 1.82) is 0 Å². The second kappa shape index (κ2) is 2.98. The zero-order valence-electron chi connectivity index (χ0n) is 6.91. The lowest BCUT2D eigenvalue weighted by atomic mass is 9.91. The number of hydrogen-bond donors (Lipinski definition) is 2. The Kier molecular flexibility index (Phi) is 2.19. The fourth-order valence-electron chi connectivity index (χ4n) is 1.13. The molecule has 0 aromatic rings. The highest BCUT2D eigenvalue weighted by Gasteiger charge is 2.33. The molecule has 66 valence electrons. The number of esters is 1. The molecule has 0 amide bonds. The first-order chi connectivity index (χ1) is 5.58. The molecule has 0 aliphatic heterocycles. The van der Waals surface area contributed by atoms with Crippen LogP contribution < -0.4 is 11.5 Å². The Bertz CT molecular complexity index is 258. The quantitative estimate of drug-likeness (QED) is 0.525. The summed E-state index contributed by atoms with van der Waals surface area (Å²) in [6.45, 7) is 0. The number of nitrogens with two attached hydrogens (primary N) is 2. The van der Waals surface area contributed by atoms with E-state index in [1.807, 2.05) is 0 Å². The van der Waals surface area contributed by atoms with Gasteiger partial charge < -0.3 is 16.2 Å². The number of ether oxygens (including phenoxy) is 1. The smallest absolute Gasteiger partial charge is 0.330 e. The summed E-state index contributed by atoms with van der Waals surface area (Å²) in [4.78, 5) is 11.2. The first kappa shape index (κ1) is 8.80. The summed E-state index contributed by atoms with van der Waals surface area (Å²) >= 11 is 0. The van der Waals surface area contributed by atoms with Gasteiger partial charge in [0.25, 0.3) is 0 Å². The van der Waals surface area contributed by atoms with Crippen molar-refractivity contribution in [3.63, 3.8) is 0 Å². The molecule has 1 atom stereocenters. The highest BCUT2D eigenvalue weighted by atomic mass is 16.5. The highest BCUT2D eigenvalue weighted by molar-refractivity contribution is 5.84. The third-order valence-electron chi connectivity index (χ3n) is 1.77. The number of hydrogen-bond acceptors (Lipinski definition) is 4. The zero-order chi connectivity index (χ0) is 9.19. The van der Waals surface area contributed by atoms with Crippen molar-refractivity contribution >= 4 is 5.97 Å². The predicted molar refractivity (Wildman–Crippen MR) is 45.0 cm³/mol. The summed E-state index contributed by atoms with van der Waals surface area (Å²) in [5, 5.41) is 0. The van der Waals surface area contributed by atoms with Gasteiger partial charge >= 0.3 is 5.97 Å². The maximum atomic E-state index is 11.2. The molecule has 0 aromatic carbocycles. The molecular formula is C8H12N2O2. The molecule has 0 spiro atoms. The van der Waals surface area contributed by atoms with Crippen LogP contribution in [0.5, 0.6) is 0 Å². The molecule has 0 bridgehead atoms. The maximum absolute atomic E-state index is 11.2. The molecule has 0 radical (unpaired) electrons. The van der Waals surface area contributed by atoms with Crippen LogP contribution in [0.4, 0.5) is 0 Å². The van der Waals surface area contributed by atoms with Crippen LogP contribution in [0.1, 0.15) is 6.42 Å². The van der Waals surface area contributed by atoms with Gasteiger partial charge in [-0.1, -0.05) is 12.2 Å². The van der Waals surface area contributed by atoms with E-state index in [1.165, 1.54) is 7.11 Å². The van der Waals surface area contributed by atoms with Crippen LogP contribution in [-0.4, -0.2) is 18.6 Å². The molecule has 4 nitrogen and oxygen atoms in total. The Morgan fingerprint density at radius 1 is 1.75 bits per heavy atom. The Morgan fingerprint density at radius 2 is 2.42 bits per heavy atom. The van der Waals surface area contributed by atoms with E-state index in [0.717, 1.165) is 0 Å². The Hall–Kier alpha value is -1.29. The minimum absolute atomic E-state index is 0.316. The van der Waals surface area contributed by atoms with Crippen molar-refractivity contribution < 1.29 is 9.53 Å². The Morgan fingerprint density at radius 3 is 2.92 bits per heavy atom. The zero-order valence-corrected chi connectivity index (χ0v) is 6.91. The maximum Gasteiger partial charge on any atom is 0.330 e. The minimum Gasteiger partial charge on any atom is -0.467 e. The number of allylic oxidation sites excluding steroid dienone is 2. The summed E-state index contributed by atoms with van der Waals surface area (Å²) in [5.41, 5.74) is 10.8. The van der Waals surface area contributed by atoms with Gasteiger partial charge in [0.1, 0.15) is 5.54 Å². The van der Waals surface area contributed by atoms with E-state index in [4.69, 9.17) is 11.5 Å². The molecule has 0 aromatic heterocycles. The summed E-state index contributed by atoms with van der Waals surface area (Å²) in [6, 6.07) is 0. The van der Waals surface area contributed by atoms with Crippen molar-refractivity contribution in [3.05, 3.63) is 23.9 Å². The van der Waals surface area contributed by atoms with Crippen molar-refractivity contribution in [2.24, 2.45) is 11.5 Å². The molecule has 0 heterocycles. The van der Waals surface area contributed by atoms with E-state index >= 15 is 0 Å². The van der Waals surface area contributed by atoms with Crippen LogP contribution >= 0.6 is 0 Å². The van der Waals surface area contributed by atoms with Gasteiger partial charge in [-0.25, -0.2) is 4.79 Å². The molecule has 0 saturated heterocycles. The first-order valence-electron chi connectivity index (χ1n) is 3.59. The van der Waals surface area contributed by atoms with E-state index in [9.17, 15) is 4.79 Å². The largest absolute Gasteiger partial charge is 0.467 e. The molecule has 4 heteroatoms. The van der Waals surface area contributed by atoms with E-state index in [2.05, 4.69) is 4.74 Å². The van der Waals surface area contributed by atoms with Crippen LogP contribution in [0.15, 0.2) is 23.9 Å². The van der Waals surface area contributed by atoms with Crippen molar-refractivity contribution in [2.45, 2.75) is 12.0 Å². The fraction of sp³-hybridized carbons (Fsp3) is 0.375. The number of carbonyl (C=O) groups excluding carboxylic acids is 1. The van der Waals surface area contributed by atoms with Crippen LogP contribution in [0.2, 0.25) is 0 Å². The fourth-order valence-corrected chi connectivity index (χ4v) is 1.13. The van der Waals surface area contributed by atoms with E-state index in [-0.39, 0.29) is 0 Å². The van der Waals surface area contributed by atoms with Crippen LogP contribution in [-0.2, 0) is 9.53 Å². The summed E-state index contributed by atoms with van der Waals surface area (Å²) in [7, 11) is 1.30. The van der Waals surface area contributed by atoms with Crippen LogP contribution in [0.3, 0.4) is 0 Å². The normalized spacial score (nSPS) is 28.0. The predicted octanol–water partition coefficient (Wildman–Crippen LogP) is -0.341. The Balaban J connectivity index is 2.82. The SMILES string of the molecule is COC(=O)C1(N)C=CC=C(N)C1. The lowest BCUT2D eigenvalue weighted by molar-refractivity contribution is -0.145. The standard InChI is InChI=1S/C8H12N2O2/c1-12-7(11)8(10)4-2-3-6(9)5-8/h2-4H,5,9-10H2,1H3. The highest BCUT2D eigenvalue weighted by Crippen LogP contribution is 2.18. The van der Waals surface area contributed by atoms with E-state index in [0.29, 0.717) is 12.1 Å². The molecule has 0 saturated carbocycles. The molecule has 12 heavy (non-hydrogen) atoms. The third kappa shape index (κ3) is 1.48. The molecule has 1 aliphatic carbocycles. The van der Waals surface area contributed by atoms with Gasteiger partial charge in [-0.05, 0) is 6.08 Å². The lowest BCUT2D eigenvalue weighted by Crippen LogP contribution is -2.48. The molecule has 1 aliphatic rings. The third-order valence-corrected chi connectivity index (χ3v) is 1.77. The first-order valence-corrected chi connectivity index (χ1v) is 3.59. The number of methoxy groups -OCH3 is 1. The second-order valence-corrected chi connectivity index (χ2v) is 2.81. The van der Waals surface area contributed by atoms with Gasteiger partial charge in [0.2, 0.25) is 0 Å². The van der Waals surface area contributed by atoms with Gasteiger partial charge in [-0.3, -0.25) is 0 Å². The molecule has 0 fully saturated rings. The van der Waals surface area contributed by atoms with E-state index in [1.54, 1.807) is 18.2 Å². The lowest BCUT2D eigenvalue weighted by Gasteiger charge is -2.24. The molecule has 4 N–H and O–H groups in total. The number of carbonyl (C=O) groups is 1. The second-order valence-electron chi connectivity index (χ2n) is 2.81. The van der Waals surface area contributed by atoms with Crippen LogP contribution in [0, 0.1) is 0 Å². The van der Waals surface area contributed by atoms with Crippen molar-refractivity contribution in [2.75, 3.05) is 7.11 Å². The molecule has 1 unspecified atom stereocenters. The van der Waals surface area contributed by atoms with Crippen molar-refractivity contribution in [3.8, 4) is 0 Å². The topological polar surface area (TPSA) is 78.3 Å². The minimum atomic E-state index is -1.08. The van der Waals surface area contributed by atoms with Crippen LogP contribution in [0.25, 0.3) is 0 Å². The van der Waals surface area contributed by atoms with Gasteiger partial charge in [-0.2, -0.15) is 0 Å². The average Bonchev–Trinajstić information content (AvgIpc) is 2.02. The van der Waals surface area contributed by atoms with Gasteiger partial charge in [0.15, 0.2) is 0 Å².